The molecule has 6 rings (SSSR count). The number of hydrogen-bond acceptors (Lipinski definition) is 7. The van der Waals surface area contributed by atoms with Crippen molar-refractivity contribution in [2.75, 3.05) is 35.3 Å². The average molecular weight is 473 g/mol. The summed E-state index contributed by atoms with van der Waals surface area (Å²) in [6.45, 7) is 2.17. The van der Waals surface area contributed by atoms with Gasteiger partial charge in [0.2, 0.25) is 17.8 Å². The number of ether oxygens (including phenoxy) is 2. The molecule has 1 atom stereocenters. The van der Waals surface area contributed by atoms with Crippen LogP contribution in [0.15, 0.2) is 47.3 Å². The fourth-order valence-electron chi connectivity index (χ4n) is 4.76. The van der Waals surface area contributed by atoms with E-state index in [4.69, 9.17) is 9.47 Å². The molecule has 0 saturated carbocycles. The number of aromatic nitrogens is 2. The Labute approximate surface area is 200 Å². The molecule has 0 fully saturated rings. The smallest absolute Gasteiger partial charge is 0.258 e. The van der Waals surface area contributed by atoms with Crippen molar-refractivity contribution in [3.63, 3.8) is 0 Å². The summed E-state index contributed by atoms with van der Waals surface area (Å²) in [6.07, 6.45) is 0.675. The lowest BCUT2D eigenvalue weighted by molar-refractivity contribution is -0.123. The Hall–Kier alpha value is -4.34. The van der Waals surface area contributed by atoms with E-state index in [9.17, 15) is 14.4 Å². The first-order valence-electron chi connectivity index (χ1n) is 11.5. The summed E-state index contributed by atoms with van der Waals surface area (Å²) in [5, 5.41) is 5.47. The van der Waals surface area contributed by atoms with Crippen LogP contribution in [-0.4, -0.2) is 41.5 Å². The molecule has 3 N–H and O–H groups in total. The normalized spacial score (nSPS) is 18.2. The van der Waals surface area contributed by atoms with E-state index < -0.39 is 17.4 Å². The highest BCUT2D eigenvalue weighted by atomic mass is 16.6. The predicted molar refractivity (Wildman–Crippen MR) is 128 cm³/mol. The summed E-state index contributed by atoms with van der Waals surface area (Å²) in [7, 11) is 0. The van der Waals surface area contributed by atoms with Gasteiger partial charge in [0.1, 0.15) is 19.0 Å². The lowest BCUT2D eigenvalue weighted by Gasteiger charge is -2.30. The van der Waals surface area contributed by atoms with Gasteiger partial charge in [-0.05, 0) is 29.7 Å². The van der Waals surface area contributed by atoms with Crippen LogP contribution in [-0.2, 0) is 22.6 Å². The number of carbonyl (C=O) groups excluding carboxylic acids is 2. The fourth-order valence-corrected chi connectivity index (χ4v) is 4.76. The summed E-state index contributed by atoms with van der Waals surface area (Å²) >= 11 is 0. The second-order valence-corrected chi connectivity index (χ2v) is 8.74. The maximum atomic E-state index is 13.2. The number of anilines is 3. The number of rotatable bonds is 3. The van der Waals surface area contributed by atoms with E-state index in [1.54, 1.807) is 18.2 Å². The average Bonchev–Trinajstić information content (AvgIpc) is 2.87. The van der Waals surface area contributed by atoms with E-state index in [1.807, 2.05) is 17.0 Å². The van der Waals surface area contributed by atoms with Gasteiger partial charge in [-0.25, -0.2) is 0 Å². The molecule has 0 spiro atoms. The van der Waals surface area contributed by atoms with Crippen molar-refractivity contribution in [1.82, 2.24) is 9.97 Å². The van der Waals surface area contributed by atoms with Crippen LogP contribution in [0.25, 0.3) is 0 Å². The van der Waals surface area contributed by atoms with Gasteiger partial charge in [-0.15, -0.1) is 0 Å². The SMILES string of the molecule is O=C1C[C@@H](C(=O)Nc2ccc3c(c2)OCCO3)c2c(nc(N3CCc4ccccc4C3)[nH]c2=O)N1. The molecule has 178 valence electrons. The molecule has 3 aliphatic heterocycles. The number of benzene rings is 2. The summed E-state index contributed by atoms with van der Waals surface area (Å²) in [5.41, 5.74) is 2.64. The van der Waals surface area contributed by atoms with Crippen LogP contribution < -0.4 is 30.6 Å². The minimum atomic E-state index is -0.973. The van der Waals surface area contributed by atoms with E-state index in [2.05, 4.69) is 32.7 Å². The van der Waals surface area contributed by atoms with Gasteiger partial charge in [0.15, 0.2) is 11.5 Å². The maximum Gasteiger partial charge on any atom is 0.258 e. The summed E-state index contributed by atoms with van der Waals surface area (Å²) in [5.74, 6) is -0.178. The zero-order chi connectivity index (χ0) is 23.9. The van der Waals surface area contributed by atoms with Gasteiger partial charge in [-0.1, -0.05) is 24.3 Å². The van der Waals surface area contributed by atoms with Crippen molar-refractivity contribution in [3.05, 3.63) is 69.5 Å². The molecule has 0 radical (unpaired) electrons. The van der Waals surface area contributed by atoms with Crippen LogP contribution in [0.5, 0.6) is 11.5 Å². The molecule has 3 aliphatic rings. The Bertz CT molecular complexity index is 1400. The van der Waals surface area contributed by atoms with Crippen LogP contribution in [0.3, 0.4) is 0 Å². The third-order valence-corrected chi connectivity index (χ3v) is 6.49. The van der Waals surface area contributed by atoms with Gasteiger partial charge in [-0.2, -0.15) is 4.98 Å². The Morgan fingerprint density at radius 1 is 1.06 bits per heavy atom. The van der Waals surface area contributed by atoms with Crippen LogP contribution >= 0.6 is 0 Å². The number of nitrogens with zero attached hydrogens (tertiary/aromatic N) is 2. The third-order valence-electron chi connectivity index (χ3n) is 6.49. The topological polar surface area (TPSA) is 126 Å². The molecule has 10 heteroatoms. The van der Waals surface area contributed by atoms with E-state index in [-0.39, 0.29) is 23.7 Å². The van der Waals surface area contributed by atoms with Crippen molar-refractivity contribution < 1.29 is 19.1 Å². The van der Waals surface area contributed by atoms with Crippen LogP contribution in [0.2, 0.25) is 0 Å². The third kappa shape index (κ3) is 3.96. The molecule has 0 aliphatic carbocycles. The van der Waals surface area contributed by atoms with Gasteiger partial charge < -0.3 is 25.0 Å². The van der Waals surface area contributed by atoms with Crippen molar-refractivity contribution >= 4 is 29.3 Å². The molecule has 35 heavy (non-hydrogen) atoms. The van der Waals surface area contributed by atoms with Gasteiger partial charge in [0.25, 0.3) is 5.56 Å². The molecule has 1 aromatic heterocycles. The van der Waals surface area contributed by atoms with Crippen LogP contribution in [0, 0.1) is 0 Å². The highest BCUT2D eigenvalue weighted by molar-refractivity contribution is 6.04. The molecule has 2 amide bonds. The number of H-pyrrole nitrogens is 1. The Kier molecular flexibility index (Phi) is 5.13. The number of amides is 2. The Balaban J connectivity index is 1.27. The highest BCUT2D eigenvalue weighted by Gasteiger charge is 2.35. The van der Waals surface area contributed by atoms with E-state index in [0.717, 1.165) is 6.42 Å². The molecule has 3 aromatic rings. The van der Waals surface area contributed by atoms with E-state index in [0.29, 0.717) is 49.4 Å². The second-order valence-electron chi connectivity index (χ2n) is 8.74. The molecule has 0 saturated heterocycles. The lowest BCUT2D eigenvalue weighted by atomic mass is 9.92. The predicted octanol–water partition coefficient (Wildman–Crippen LogP) is 2.17. The van der Waals surface area contributed by atoms with Crippen molar-refractivity contribution in [2.24, 2.45) is 0 Å². The van der Waals surface area contributed by atoms with E-state index in [1.165, 1.54) is 11.1 Å². The number of carbonyl (C=O) groups is 2. The summed E-state index contributed by atoms with van der Waals surface area (Å²) < 4.78 is 11.1. The Morgan fingerprint density at radius 2 is 1.86 bits per heavy atom. The zero-order valence-electron chi connectivity index (χ0n) is 18.8. The Morgan fingerprint density at radius 3 is 2.71 bits per heavy atom. The molecule has 10 nitrogen and oxygen atoms in total. The maximum absolute atomic E-state index is 13.2. The quantitative estimate of drug-likeness (QED) is 0.532. The first-order valence-corrected chi connectivity index (χ1v) is 11.5. The van der Waals surface area contributed by atoms with Crippen molar-refractivity contribution in [1.29, 1.82) is 0 Å². The summed E-state index contributed by atoms with van der Waals surface area (Å²) in [4.78, 5) is 48.1. The first-order chi connectivity index (χ1) is 17.0. The summed E-state index contributed by atoms with van der Waals surface area (Å²) in [6, 6.07) is 13.2. The van der Waals surface area contributed by atoms with Crippen molar-refractivity contribution in [3.8, 4) is 11.5 Å². The number of aromatic amines is 1. The molecule has 4 heterocycles. The number of fused-ring (bicyclic) bond motifs is 3. The van der Waals surface area contributed by atoms with Crippen molar-refractivity contribution in [2.45, 2.75) is 25.3 Å². The zero-order valence-corrected chi connectivity index (χ0v) is 18.8. The standard InChI is InChI=1S/C25H23N5O5/c31-20-12-17(23(32)26-16-5-6-18-19(11-16)35-10-9-34-18)21-22(27-20)28-25(29-24(21)33)30-8-7-14-3-1-2-4-15(14)13-30/h1-6,11,17H,7-10,12-13H2,(H,26,32)(H2,27,28,29,31,33)/t17-/m1/s1. The number of nitrogens with one attached hydrogen (secondary N) is 3. The molecule has 0 unspecified atom stereocenters. The molecular weight excluding hydrogens is 450 g/mol. The lowest BCUT2D eigenvalue weighted by Crippen LogP contribution is -2.38. The van der Waals surface area contributed by atoms with Gasteiger partial charge in [0.05, 0.1) is 11.5 Å². The van der Waals surface area contributed by atoms with Crippen LogP contribution in [0.1, 0.15) is 29.0 Å². The highest BCUT2D eigenvalue weighted by Crippen LogP contribution is 2.34. The molecule has 2 aromatic carbocycles. The first kappa shape index (κ1) is 21.2. The van der Waals surface area contributed by atoms with Gasteiger partial charge >= 0.3 is 0 Å². The minimum absolute atomic E-state index is 0.126. The van der Waals surface area contributed by atoms with E-state index >= 15 is 0 Å². The largest absolute Gasteiger partial charge is 0.486 e. The minimum Gasteiger partial charge on any atom is -0.486 e. The van der Waals surface area contributed by atoms with Crippen LogP contribution in [0.4, 0.5) is 17.5 Å². The van der Waals surface area contributed by atoms with Gasteiger partial charge in [-0.3, -0.25) is 19.4 Å². The fraction of sp³-hybridized carbons (Fsp3) is 0.280. The molecule has 0 bridgehead atoms. The monoisotopic (exact) mass is 473 g/mol. The molecular formula is C25H23N5O5. The number of hydrogen-bond donors (Lipinski definition) is 3. The van der Waals surface area contributed by atoms with Gasteiger partial charge in [0, 0.05) is 31.3 Å². The second kappa shape index (κ2) is 8.46.